The molecule has 0 heterocycles. The van der Waals surface area contributed by atoms with Gasteiger partial charge in [0.2, 0.25) is 5.91 Å². The number of hydrogen-bond acceptors (Lipinski definition) is 3. The van der Waals surface area contributed by atoms with Crippen LogP contribution in [0, 0.1) is 5.92 Å². The van der Waals surface area contributed by atoms with Crippen molar-refractivity contribution < 1.29 is 4.79 Å². The van der Waals surface area contributed by atoms with Crippen LogP contribution in [0.15, 0.2) is 0 Å². The molecule has 4 heteroatoms. The van der Waals surface area contributed by atoms with Gasteiger partial charge in [-0.05, 0) is 5.92 Å². The number of nitrogens with one attached hydrogen (secondary N) is 1. The molecule has 0 aliphatic rings. The quantitative estimate of drug-likeness (QED) is 0.521. The lowest BCUT2D eigenvalue weighted by molar-refractivity contribution is -0.121. The Hall–Kier alpha value is -0.610. The first kappa shape index (κ1) is 11.4. The molecule has 0 aliphatic heterocycles. The van der Waals surface area contributed by atoms with Crippen molar-refractivity contribution in [2.24, 2.45) is 17.4 Å². The van der Waals surface area contributed by atoms with Crippen molar-refractivity contribution in [1.82, 2.24) is 5.32 Å². The van der Waals surface area contributed by atoms with Crippen molar-refractivity contribution in [3.63, 3.8) is 0 Å². The molecule has 0 saturated heterocycles. The zero-order chi connectivity index (χ0) is 9.56. The fourth-order valence-electron chi connectivity index (χ4n) is 0.734. The Bertz CT molecular complexity index is 136. The summed E-state index contributed by atoms with van der Waals surface area (Å²) in [4.78, 5) is 11.1. The summed E-state index contributed by atoms with van der Waals surface area (Å²) in [5.41, 5.74) is 10.9. The van der Waals surface area contributed by atoms with Gasteiger partial charge in [0, 0.05) is 25.6 Å². The fourth-order valence-corrected chi connectivity index (χ4v) is 0.734. The van der Waals surface area contributed by atoms with E-state index in [2.05, 4.69) is 5.32 Å². The number of amides is 1. The molecule has 0 fully saturated rings. The van der Waals surface area contributed by atoms with E-state index in [-0.39, 0.29) is 11.9 Å². The van der Waals surface area contributed by atoms with Crippen LogP contribution >= 0.6 is 0 Å². The Morgan fingerprint density at radius 1 is 1.50 bits per heavy atom. The van der Waals surface area contributed by atoms with Crippen molar-refractivity contribution in [1.29, 1.82) is 0 Å². The average molecular weight is 173 g/mol. The van der Waals surface area contributed by atoms with Crippen LogP contribution in [0.1, 0.15) is 20.3 Å². The molecule has 0 aromatic carbocycles. The summed E-state index contributed by atoms with van der Waals surface area (Å²) in [6.07, 6.45) is 0.387. The summed E-state index contributed by atoms with van der Waals surface area (Å²) >= 11 is 0. The molecule has 0 bridgehead atoms. The molecule has 0 saturated carbocycles. The fraction of sp³-hybridized carbons (Fsp3) is 0.875. The third-order valence-corrected chi connectivity index (χ3v) is 1.74. The highest BCUT2D eigenvalue weighted by atomic mass is 16.1. The third kappa shape index (κ3) is 5.09. The minimum Gasteiger partial charge on any atom is -0.355 e. The molecule has 0 aromatic heterocycles. The van der Waals surface area contributed by atoms with Crippen LogP contribution in [0.2, 0.25) is 0 Å². The predicted octanol–water partition coefficient (Wildman–Crippen LogP) is -0.565. The maximum absolute atomic E-state index is 11.1. The van der Waals surface area contributed by atoms with Gasteiger partial charge in [-0.15, -0.1) is 0 Å². The first-order valence-electron chi connectivity index (χ1n) is 4.30. The van der Waals surface area contributed by atoms with Crippen LogP contribution in [0.5, 0.6) is 0 Å². The number of carbonyl (C=O) groups excluding carboxylic acids is 1. The molecule has 1 unspecified atom stereocenters. The summed E-state index contributed by atoms with van der Waals surface area (Å²) < 4.78 is 0. The molecule has 0 spiro atoms. The number of rotatable bonds is 5. The van der Waals surface area contributed by atoms with E-state index >= 15 is 0 Å². The molecule has 4 nitrogen and oxygen atoms in total. The summed E-state index contributed by atoms with van der Waals surface area (Å²) in [7, 11) is 0. The summed E-state index contributed by atoms with van der Waals surface area (Å²) in [6, 6.07) is -0.0530. The molecule has 5 N–H and O–H groups in total. The van der Waals surface area contributed by atoms with Gasteiger partial charge in [-0.1, -0.05) is 13.8 Å². The molecule has 0 radical (unpaired) electrons. The standard InChI is InChI=1S/C8H19N3O/c1-6(2)7(10)5-8(12)11-4-3-9/h6-7H,3-5,9-10H2,1-2H3,(H,11,12). The average Bonchev–Trinajstić information content (AvgIpc) is 2.00. The van der Waals surface area contributed by atoms with Crippen LogP contribution < -0.4 is 16.8 Å². The zero-order valence-electron chi connectivity index (χ0n) is 7.84. The van der Waals surface area contributed by atoms with E-state index in [9.17, 15) is 4.79 Å². The van der Waals surface area contributed by atoms with Crippen LogP contribution in [-0.4, -0.2) is 25.0 Å². The topological polar surface area (TPSA) is 81.1 Å². The Morgan fingerprint density at radius 3 is 2.50 bits per heavy atom. The normalized spacial score (nSPS) is 13.1. The van der Waals surface area contributed by atoms with Gasteiger partial charge in [-0.3, -0.25) is 4.79 Å². The smallest absolute Gasteiger partial charge is 0.221 e. The second kappa shape index (κ2) is 5.97. The van der Waals surface area contributed by atoms with E-state index < -0.39 is 0 Å². The highest BCUT2D eigenvalue weighted by Gasteiger charge is 2.11. The first-order chi connectivity index (χ1) is 5.57. The number of carbonyl (C=O) groups is 1. The predicted molar refractivity (Wildman–Crippen MR) is 49.5 cm³/mol. The Morgan fingerprint density at radius 2 is 2.08 bits per heavy atom. The molecule has 12 heavy (non-hydrogen) atoms. The molecule has 0 aromatic rings. The Balaban J connectivity index is 3.54. The van der Waals surface area contributed by atoms with Gasteiger partial charge in [0.25, 0.3) is 0 Å². The molecule has 0 rings (SSSR count). The zero-order valence-corrected chi connectivity index (χ0v) is 7.84. The molecule has 72 valence electrons. The van der Waals surface area contributed by atoms with Crippen LogP contribution in [-0.2, 0) is 4.79 Å². The number of nitrogens with two attached hydrogens (primary N) is 2. The van der Waals surface area contributed by atoms with Gasteiger partial charge in [-0.2, -0.15) is 0 Å². The van der Waals surface area contributed by atoms with Crippen molar-refractivity contribution in [2.75, 3.05) is 13.1 Å². The van der Waals surface area contributed by atoms with E-state index in [1.807, 2.05) is 13.8 Å². The molecular formula is C8H19N3O. The largest absolute Gasteiger partial charge is 0.355 e. The van der Waals surface area contributed by atoms with Crippen LogP contribution in [0.3, 0.4) is 0 Å². The molecular weight excluding hydrogens is 154 g/mol. The van der Waals surface area contributed by atoms with Crippen LogP contribution in [0.4, 0.5) is 0 Å². The molecule has 1 atom stereocenters. The van der Waals surface area contributed by atoms with E-state index in [0.29, 0.717) is 25.4 Å². The van der Waals surface area contributed by atoms with Gasteiger partial charge in [0.1, 0.15) is 0 Å². The van der Waals surface area contributed by atoms with Crippen molar-refractivity contribution >= 4 is 5.91 Å². The second-order valence-electron chi connectivity index (χ2n) is 3.25. The highest BCUT2D eigenvalue weighted by Crippen LogP contribution is 2.01. The maximum Gasteiger partial charge on any atom is 0.221 e. The molecule has 0 aliphatic carbocycles. The van der Waals surface area contributed by atoms with Gasteiger partial charge in [0.15, 0.2) is 0 Å². The monoisotopic (exact) mass is 173 g/mol. The summed E-state index contributed by atoms with van der Waals surface area (Å²) in [5.74, 6) is 0.329. The van der Waals surface area contributed by atoms with E-state index in [1.54, 1.807) is 0 Å². The minimum atomic E-state index is -0.0530. The van der Waals surface area contributed by atoms with Crippen molar-refractivity contribution in [3.05, 3.63) is 0 Å². The summed E-state index contributed by atoms with van der Waals surface area (Å²) in [5, 5.41) is 2.67. The second-order valence-corrected chi connectivity index (χ2v) is 3.25. The number of hydrogen-bond donors (Lipinski definition) is 3. The van der Waals surface area contributed by atoms with E-state index in [0.717, 1.165) is 0 Å². The maximum atomic E-state index is 11.1. The Labute approximate surface area is 73.7 Å². The third-order valence-electron chi connectivity index (χ3n) is 1.74. The van der Waals surface area contributed by atoms with Crippen molar-refractivity contribution in [2.45, 2.75) is 26.3 Å². The van der Waals surface area contributed by atoms with Crippen molar-refractivity contribution in [3.8, 4) is 0 Å². The lowest BCUT2D eigenvalue weighted by Crippen LogP contribution is -2.36. The van der Waals surface area contributed by atoms with Gasteiger partial charge < -0.3 is 16.8 Å². The first-order valence-corrected chi connectivity index (χ1v) is 4.30. The summed E-state index contributed by atoms with van der Waals surface area (Å²) in [6.45, 7) is 5.01. The Kier molecular flexibility index (Phi) is 5.66. The van der Waals surface area contributed by atoms with Gasteiger partial charge in [0.05, 0.1) is 0 Å². The SMILES string of the molecule is CC(C)C(N)CC(=O)NCCN. The lowest BCUT2D eigenvalue weighted by Gasteiger charge is -2.14. The lowest BCUT2D eigenvalue weighted by atomic mass is 10.0. The van der Waals surface area contributed by atoms with Crippen LogP contribution in [0.25, 0.3) is 0 Å². The van der Waals surface area contributed by atoms with E-state index in [4.69, 9.17) is 11.5 Å². The minimum absolute atomic E-state index is 0.0124. The molecule has 1 amide bonds. The van der Waals surface area contributed by atoms with Gasteiger partial charge >= 0.3 is 0 Å². The highest BCUT2D eigenvalue weighted by molar-refractivity contribution is 5.76. The van der Waals surface area contributed by atoms with E-state index in [1.165, 1.54) is 0 Å². The van der Waals surface area contributed by atoms with Gasteiger partial charge in [-0.25, -0.2) is 0 Å².